The minimum absolute atomic E-state index is 0.177. The van der Waals surface area contributed by atoms with E-state index < -0.39 is 0 Å². The van der Waals surface area contributed by atoms with E-state index >= 15 is 0 Å². The summed E-state index contributed by atoms with van der Waals surface area (Å²) in [7, 11) is 0. The SMILES string of the molecule is C=C(C)C(=O)CC(CC)CCC1CCC(CCC(CC)C(=O)C(=C)C)CC1. The summed E-state index contributed by atoms with van der Waals surface area (Å²) in [5, 5.41) is 0. The third-order valence-electron chi connectivity index (χ3n) is 6.68. The average Bonchev–Trinajstić information content (AvgIpc) is 2.65. The molecule has 154 valence electrons. The first-order valence-corrected chi connectivity index (χ1v) is 11.2. The summed E-state index contributed by atoms with van der Waals surface area (Å²) in [6, 6.07) is 0. The highest BCUT2D eigenvalue weighted by Gasteiger charge is 2.24. The highest BCUT2D eigenvalue weighted by molar-refractivity contribution is 5.96. The molecule has 0 bridgehead atoms. The number of ketones is 2. The molecule has 0 aromatic heterocycles. The Hall–Kier alpha value is -1.18. The van der Waals surface area contributed by atoms with Gasteiger partial charge in [0.1, 0.15) is 0 Å². The molecule has 0 aliphatic heterocycles. The van der Waals surface area contributed by atoms with Crippen LogP contribution < -0.4 is 0 Å². The summed E-state index contributed by atoms with van der Waals surface area (Å²) in [6.07, 6.45) is 12.6. The fourth-order valence-corrected chi connectivity index (χ4v) is 4.47. The van der Waals surface area contributed by atoms with E-state index in [-0.39, 0.29) is 17.5 Å². The topological polar surface area (TPSA) is 34.1 Å². The maximum Gasteiger partial charge on any atom is 0.161 e. The first-order valence-electron chi connectivity index (χ1n) is 11.2. The fourth-order valence-electron chi connectivity index (χ4n) is 4.47. The second-order valence-corrected chi connectivity index (χ2v) is 8.97. The minimum atomic E-state index is 0.177. The predicted octanol–water partition coefficient (Wildman–Crippen LogP) is 7.09. The smallest absolute Gasteiger partial charge is 0.161 e. The van der Waals surface area contributed by atoms with E-state index in [0.717, 1.165) is 31.1 Å². The van der Waals surface area contributed by atoms with Gasteiger partial charge in [0.15, 0.2) is 11.6 Å². The number of allylic oxidation sites excluding steroid dienone is 2. The molecule has 0 aromatic carbocycles. The van der Waals surface area contributed by atoms with Crippen molar-refractivity contribution in [1.29, 1.82) is 0 Å². The van der Waals surface area contributed by atoms with Crippen LogP contribution in [0, 0.1) is 23.7 Å². The lowest BCUT2D eigenvalue weighted by molar-refractivity contribution is -0.119. The number of hydrogen-bond acceptors (Lipinski definition) is 2. The Morgan fingerprint density at radius 3 is 1.78 bits per heavy atom. The normalized spacial score (nSPS) is 22.1. The van der Waals surface area contributed by atoms with Gasteiger partial charge < -0.3 is 0 Å². The van der Waals surface area contributed by atoms with Gasteiger partial charge in [-0.05, 0) is 68.4 Å². The Labute approximate surface area is 167 Å². The van der Waals surface area contributed by atoms with Gasteiger partial charge in [0.25, 0.3) is 0 Å². The second-order valence-electron chi connectivity index (χ2n) is 8.97. The molecule has 2 heteroatoms. The minimum Gasteiger partial charge on any atom is -0.295 e. The largest absolute Gasteiger partial charge is 0.295 e. The van der Waals surface area contributed by atoms with Crippen LogP contribution in [0.2, 0.25) is 0 Å². The van der Waals surface area contributed by atoms with Gasteiger partial charge in [0.05, 0.1) is 0 Å². The van der Waals surface area contributed by atoms with Gasteiger partial charge in [-0.25, -0.2) is 0 Å². The fraction of sp³-hybridized carbons (Fsp3) is 0.760. The van der Waals surface area contributed by atoms with E-state index in [1.54, 1.807) is 0 Å². The summed E-state index contributed by atoms with van der Waals surface area (Å²) in [6.45, 7) is 15.6. The third-order valence-corrected chi connectivity index (χ3v) is 6.68. The highest BCUT2D eigenvalue weighted by atomic mass is 16.1. The van der Waals surface area contributed by atoms with Gasteiger partial charge in [-0.15, -0.1) is 0 Å². The molecule has 1 saturated carbocycles. The number of hydrogen-bond donors (Lipinski definition) is 0. The van der Waals surface area contributed by atoms with Gasteiger partial charge in [-0.1, -0.05) is 65.5 Å². The van der Waals surface area contributed by atoms with Crippen molar-refractivity contribution in [1.82, 2.24) is 0 Å². The Balaban J connectivity index is 2.31. The molecular formula is C25H42O2. The van der Waals surface area contributed by atoms with Gasteiger partial charge in [0, 0.05) is 12.3 Å². The first-order chi connectivity index (χ1) is 12.8. The number of Topliss-reactive ketones (excluding diaryl/α,β-unsaturated/α-hetero) is 2. The maximum atomic E-state index is 12.2. The number of carbonyl (C=O) groups is 2. The third kappa shape index (κ3) is 8.58. The van der Waals surface area contributed by atoms with Crippen molar-refractivity contribution in [2.45, 2.75) is 98.3 Å². The van der Waals surface area contributed by atoms with Crippen LogP contribution in [0.15, 0.2) is 24.3 Å². The van der Waals surface area contributed by atoms with E-state index in [4.69, 9.17) is 0 Å². The molecule has 2 unspecified atom stereocenters. The molecule has 0 amide bonds. The zero-order valence-electron chi connectivity index (χ0n) is 18.3. The van der Waals surface area contributed by atoms with Crippen LogP contribution in [0.5, 0.6) is 0 Å². The van der Waals surface area contributed by atoms with Crippen LogP contribution in [0.25, 0.3) is 0 Å². The molecule has 2 nitrogen and oxygen atoms in total. The van der Waals surface area contributed by atoms with Crippen LogP contribution in [0.4, 0.5) is 0 Å². The molecule has 0 N–H and O–H groups in total. The van der Waals surface area contributed by atoms with E-state index in [2.05, 4.69) is 27.0 Å². The zero-order chi connectivity index (χ0) is 20.4. The van der Waals surface area contributed by atoms with E-state index in [9.17, 15) is 9.59 Å². The molecule has 2 atom stereocenters. The number of carbonyl (C=O) groups excluding carboxylic acids is 2. The molecular weight excluding hydrogens is 332 g/mol. The van der Waals surface area contributed by atoms with Gasteiger partial charge >= 0.3 is 0 Å². The summed E-state index contributed by atoms with van der Waals surface area (Å²) in [5.41, 5.74) is 1.41. The van der Waals surface area contributed by atoms with Gasteiger partial charge in [0.2, 0.25) is 0 Å². The lowest BCUT2D eigenvalue weighted by Crippen LogP contribution is -2.19. The van der Waals surface area contributed by atoms with Crippen LogP contribution in [0.3, 0.4) is 0 Å². The molecule has 0 radical (unpaired) electrons. The average molecular weight is 375 g/mol. The lowest BCUT2D eigenvalue weighted by atomic mass is 9.76. The summed E-state index contributed by atoms with van der Waals surface area (Å²) in [5.74, 6) is 2.82. The maximum absolute atomic E-state index is 12.2. The van der Waals surface area contributed by atoms with Crippen molar-refractivity contribution >= 4 is 11.6 Å². The van der Waals surface area contributed by atoms with Crippen molar-refractivity contribution in [2.75, 3.05) is 0 Å². The Morgan fingerprint density at radius 1 is 0.852 bits per heavy atom. The lowest BCUT2D eigenvalue weighted by Gasteiger charge is -2.30. The van der Waals surface area contributed by atoms with Crippen molar-refractivity contribution in [2.24, 2.45) is 23.7 Å². The first kappa shape index (κ1) is 23.9. The summed E-state index contributed by atoms with van der Waals surface area (Å²) >= 11 is 0. The van der Waals surface area contributed by atoms with Gasteiger partial charge in [-0.2, -0.15) is 0 Å². The monoisotopic (exact) mass is 374 g/mol. The molecule has 1 fully saturated rings. The van der Waals surface area contributed by atoms with Crippen LogP contribution in [0.1, 0.15) is 98.3 Å². The highest BCUT2D eigenvalue weighted by Crippen LogP contribution is 2.36. The van der Waals surface area contributed by atoms with E-state index in [0.29, 0.717) is 23.5 Å². The quantitative estimate of drug-likeness (QED) is 0.323. The van der Waals surface area contributed by atoms with Crippen molar-refractivity contribution in [3.8, 4) is 0 Å². The van der Waals surface area contributed by atoms with Crippen LogP contribution in [-0.4, -0.2) is 11.6 Å². The van der Waals surface area contributed by atoms with Crippen molar-refractivity contribution in [3.05, 3.63) is 24.3 Å². The van der Waals surface area contributed by atoms with Crippen molar-refractivity contribution < 1.29 is 9.59 Å². The Bertz CT molecular complexity index is 508. The molecule has 0 spiro atoms. The molecule has 0 aromatic rings. The Kier molecular flexibility index (Phi) is 10.9. The molecule has 0 saturated heterocycles. The van der Waals surface area contributed by atoms with E-state index in [1.807, 2.05) is 13.8 Å². The predicted molar refractivity (Wildman–Crippen MR) is 116 cm³/mol. The van der Waals surface area contributed by atoms with Crippen LogP contribution >= 0.6 is 0 Å². The van der Waals surface area contributed by atoms with E-state index in [1.165, 1.54) is 44.9 Å². The molecule has 1 aliphatic carbocycles. The number of rotatable bonds is 13. The molecule has 27 heavy (non-hydrogen) atoms. The zero-order valence-corrected chi connectivity index (χ0v) is 18.3. The second kappa shape index (κ2) is 12.3. The molecule has 1 rings (SSSR count). The summed E-state index contributed by atoms with van der Waals surface area (Å²) in [4.78, 5) is 24.1. The van der Waals surface area contributed by atoms with Gasteiger partial charge in [-0.3, -0.25) is 9.59 Å². The van der Waals surface area contributed by atoms with Crippen molar-refractivity contribution in [3.63, 3.8) is 0 Å². The summed E-state index contributed by atoms with van der Waals surface area (Å²) < 4.78 is 0. The molecule has 0 heterocycles. The van der Waals surface area contributed by atoms with Crippen LogP contribution in [-0.2, 0) is 9.59 Å². The standard InChI is InChI=1S/C25H42O2/c1-7-20(17-24(26)18(3)4)9-10-21-11-13-22(14-12-21)15-16-23(8-2)25(27)19(5)6/h20-23H,3,5,7-17H2,1-2,4,6H3. The molecule has 1 aliphatic rings. The Morgan fingerprint density at radius 2 is 1.37 bits per heavy atom.